The van der Waals surface area contributed by atoms with Crippen molar-refractivity contribution in [2.45, 2.75) is 51.0 Å². The van der Waals surface area contributed by atoms with E-state index in [1.165, 1.54) is 29.5 Å². The molecule has 0 spiro atoms. The van der Waals surface area contributed by atoms with Crippen LogP contribution in [-0.2, 0) is 6.42 Å². The molecular formula is C26H29ClO2. The fourth-order valence-corrected chi connectivity index (χ4v) is 6.58. The van der Waals surface area contributed by atoms with Crippen LogP contribution in [0.5, 0.6) is 5.75 Å². The maximum Gasteiger partial charge on any atom is 0.119 e. The van der Waals surface area contributed by atoms with Crippen molar-refractivity contribution in [2.24, 2.45) is 17.3 Å². The first-order chi connectivity index (χ1) is 14.0. The quantitative estimate of drug-likeness (QED) is 0.635. The van der Waals surface area contributed by atoms with Gasteiger partial charge < -0.3 is 9.84 Å². The third-order valence-corrected chi connectivity index (χ3v) is 8.28. The van der Waals surface area contributed by atoms with E-state index in [2.05, 4.69) is 31.2 Å². The summed E-state index contributed by atoms with van der Waals surface area (Å²) in [4.78, 5) is 0. The Morgan fingerprint density at radius 1 is 1.14 bits per heavy atom. The van der Waals surface area contributed by atoms with Gasteiger partial charge in [0, 0.05) is 10.4 Å². The molecule has 29 heavy (non-hydrogen) atoms. The zero-order chi connectivity index (χ0) is 20.2. The lowest BCUT2D eigenvalue weighted by Crippen LogP contribution is -2.44. The third kappa shape index (κ3) is 3.12. The van der Waals surface area contributed by atoms with Crippen LogP contribution in [0.1, 0.15) is 55.2 Å². The minimum absolute atomic E-state index is 0.0105. The third-order valence-electron chi connectivity index (χ3n) is 8.02. The summed E-state index contributed by atoms with van der Waals surface area (Å²) in [7, 11) is 1.74. The van der Waals surface area contributed by atoms with Crippen LogP contribution in [0.2, 0.25) is 5.02 Å². The fourth-order valence-electron chi connectivity index (χ4n) is 6.46. The SMILES string of the molecule is COc1ccc2c(c1)CC[C@H]1[C@@H]2CC[C@]2(C)[C@@H](O)/C(=C/c3ccc(Cl)cc3)C[C@@H]12. The lowest BCUT2D eigenvalue weighted by molar-refractivity contribution is -0.0158. The molecule has 3 aliphatic rings. The van der Waals surface area contributed by atoms with Crippen LogP contribution in [0, 0.1) is 17.3 Å². The molecule has 0 radical (unpaired) electrons. The molecule has 5 atom stereocenters. The number of ether oxygens (including phenoxy) is 1. The summed E-state index contributed by atoms with van der Waals surface area (Å²) in [5.41, 5.74) is 5.30. The van der Waals surface area contributed by atoms with Crippen molar-refractivity contribution in [1.82, 2.24) is 0 Å². The molecule has 0 heterocycles. The molecule has 3 aliphatic carbocycles. The molecule has 0 unspecified atom stereocenters. The Bertz CT molecular complexity index is 948. The Balaban J connectivity index is 1.46. The highest BCUT2D eigenvalue weighted by Gasteiger charge is 2.56. The lowest BCUT2D eigenvalue weighted by atomic mass is 9.55. The second kappa shape index (κ2) is 7.18. The van der Waals surface area contributed by atoms with E-state index in [1.807, 2.05) is 24.3 Å². The van der Waals surface area contributed by atoms with Crippen molar-refractivity contribution in [3.8, 4) is 5.75 Å². The molecule has 5 rings (SSSR count). The Morgan fingerprint density at radius 3 is 2.69 bits per heavy atom. The Kier molecular flexibility index (Phi) is 4.75. The number of methoxy groups -OCH3 is 1. The molecule has 0 aromatic heterocycles. The van der Waals surface area contributed by atoms with Crippen LogP contribution in [0.3, 0.4) is 0 Å². The van der Waals surface area contributed by atoms with E-state index in [0.717, 1.165) is 35.6 Å². The molecule has 2 fully saturated rings. The molecule has 152 valence electrons. The Morgan fingerprint density at radius 2 is 1.93 bits per heavy atom. The predicted molar refractivity (Wildman–Crippen MR) is 118 cm³/mol. The molecule has 0 saturated heterocycles. The molecule has 0 bridgehead atoms. The molecule has 3 heteroatoms. The summed E-state index contributed by atoms with van der Waals surface area (Å²) in [5.74, 6) is 2.78. The number of benzene rings is 2. The highest BCUT2D eigenvalue weighted by Crippen LogP contribution is 2.62. The predicted octanol–water partition coefficient (Wildman–Crippen LogP) is 6.26. The zero-order valence-electron chi connectivity index (χ0n) is 17.2. The van der Waals surface area contributed by atoms with Crippen molar-refractivity contribution in [3.05, 3.63) is 69.8 Å². The highest BCUT2D eigenvalue weighted by atomic mass is 35.5. The van der Waals surface area contributed by atoms with Gasteiger partial charge in [-0.15, -0.1) is 0 Å². The number of aliphatic hydroxyl groups is 1. The van der Waals surface area contributed by atoms with Crippen LogP contribution in [0.25, 0.3) is 6.08 Å². The molecule has 2 saturated carbocycles. The summed E-state index contributed by atoms with van der Waals surface area (Å²) in [5, 5.41) is 12.1. The average molecular weight is 409 g/mol. The van der Waals surface area contributed by atoms with Gasteiger partial charge in [0.1, 0.15) is 5.75 Å². The molecule has 1 N–H and O–H groups in total. The topological polar surface area (TPSA) is 29.5 Å². The highest BCUT2D eigenvalue weighted by molar-refractivity contribution is 6.30. The van der Waals surface area contributed by atoms with E-state index in [1.54, 1.807) is 7.11 Å². The van der Waals surface area contributed by atoms with Crippen LogP contribution in [-0.4, -0.2) is 18.3 Å². The first kappa shape index (κ1) is 19.2. The van der Waals surface area contributed by atoms with Crippen molar-refractivity contribution in [3.63, 3.8) is 0 Å². The lowest BCUT2D eigenvalue weighted by Gasteiger charge is -2.49. The second-order valence-corrected chi connectivity index (χ2v) is 9.84. The summed E-state index contributed by atoms with van der Waals surface area (Å²) in [6.07, 6.45) is 7.44. The first-order valence-electron chi connectivity index (χ1n) is 10.8. The number of hydrogen-bond acceptors (Lipinski definition) is 2. The number of aliphatic hydroxyl groups excluding tert-OH is 1. The van der Waals surface area contributed by atoms with Crippen molar-refractivity contribution < 1.29 is 9.84 Å². The molecule has 2 aromatic carbocycles. The zero-order valence-corrected chi connectivity index (χ0v) is 18.0. The van der Waals surface area contributed by atoms with Crippen molar-refractivity contribution in [2.75, 3.05) is 7.11 Å². The minimum atomic E-state index is -0.346. The van der Waals surface area contributed by atoms with Gasteiger partial charge in [-0.1, -0.05) is 42.8 Å². The molecule has 0 amide bonds. The van der Waals surface area contributed by atoms with Gasteiger partial charge in [0.05, 0.1) is 13.2 Å². The number of hydrogen-bond donors (Lipinski definition) is 1. The Hall–Kier alpha value is -1.77. The van der Waals surface area contributed by atoms with Crippen molar-refractivity contribution >= 4 is 17.7 Å². The van der Waals surface area contributed by atoms with E-state index in [4.69, 9.17) is 16.3 Å². The average Bonchev–Trinajstić information content (AvgIpc) is 2.99. The van der Waals surface area contributed by atoms with Crippen LogP contribution >= 0.6 is 11.6 Å². The smallest absolute Gasteiger partial charge is 0.119 e. The van der Waals surface area contributed by atoms with Gasteiger partial charge in [-0.25, -0.2) is 0 Å². The van der Waals surface area contributed by atoms with E-state index in [-0.39, 0.29) is 11.5 Å². The first-order valence-corrected chi connectivity index (χ1v) is 11.2. The maximum absolute atomic E-state index is 11.3. The molecule has 2 nitrogen and oxygen atoms in total. The summed E-state index contributed by atoms with van der Waals surface area (Å²) in [6, 6.07) is 14.6. The van der Waals surface area contributed by atoms with Gasteiger partial charge in [0.2, 0.25) is 0 Å². The maximum atomic E-state index is 11.3. The van der Waals surface area contributed by atoms with Gasteiger partial charge in [-0.05, 0) is 96.4 Å². The second-order valence-electron chi connectivity index (χ2n) is 9.40. The standard InChI is InChI=1S/C26H29ClO2/c1-26-12-11-22-21-10-8-20(29-2)14-17(21)5-9-23(22)24(26)15-18(25(26)28)13-16-3-6-19(27)7-4-16/h3-4,6-8,10,13-14,22-25,28H,5,9,11-12,15H2,1-2H3/b18-13+/t22-,23+,24+,25+,26+/m1/s1. The van der Waals surface area contributed by atoms with E-state index in [9.17, 15) is 5.11 Å². The number of halogens is 1. The van der Waals surface area contributed by atoms with Gasteiger partial charge in [-0.2, -0.15) is 0 Å². The summed E-state index contributed by atoms with van der Waals surface area (Å²) >= 11 is 6.04. The van der Waals surface area contributed by atoms with Crippen LogP contribution in [0.15, 0.2) is 48.0 Å². The van der Waals surface area contributed by atoms with Gasteiger partial charge in [0.25, 0.3) is 0 Å². The van der Waals surface area contributed by atoms with Gasteiger partial charge >= 0.3 is 0 Å². The monoisotopic (exact) mass is 408 g/mol. The number of fused-ring (bicyclic) bond motifs is 5. The molecule has 0 aliphatic heterocycles. The van der Waals surface area contributed by atoms with Crippen LogP contribution in [0.4, 0.5) is 0 Å². The largest absolute Gasteiger partial charge is 0.497 e. The number of rotatable bonds is 2. The Labute approximate surface area is 178 Å². The molecular weight excluding hydrogens is 380 g/mol. The van der Waals surface area contributed by atoms with Gasteiger partial charge in [0.15, 0.2) is 0 Å². The van der Waals surface area contributed by atoms with E-state index >= 15 is 0 Å². The fraction of sp³-hybridized carbons (Fsp3) is 0.462. The number of aryl methyl sites for hydroxylation is 1. The molecule has 2 aromatic rings. The van der Waals surface area contributed by atoms with Crippen LogP contribution < -0.4 is 4.74 Å². The normalized spacial score (nSPS) is 34.4. The summed E-state index contributed by atoms with van der Waals surface area (Å²) in [6.45, 7) is 2.32. The summed E-state index contributed by atoms with van der Waals surface area (Å²) < 4.78 is 5.44. The van der Waals surface area contributed by atoms with Gasteiger partial charge in [-0.3, -0.25) is 0 Å². The minimum Gasteiger partial charge on any atom is -0.497 e. The van der Waals surface area contributed by atoms with E-state index < -0.39 is 0 Å². The van der Waals surface area contributed by atoms with Crippen molar-refractivity contribution in [1.29, 1.82) is 0 Å². The van der Waals surface area contributed by atoms with E-state index in [0.29, 0.717) is 17.8 Å².